The van der Waals surface area contributed by atoms with Gasteiger partial charge in [0.2, 0.25) is 0 Å². The molecule has 3 aromatic rings. The number of rotatable bonds is 5. The van der Waals surface area contributed by atoms with Crippen molar-refractivity contribution in [2.45, 2.75) is 18.7 Å². The minimum atomic E-state index is -3.74. The van der Waals surface area contributed by atoms with E-state index in [-0.39, 0.29) is 20.6 Å². The highest BCUT2D eigenvalue weighted by molar-refractivity contribution is 7.92. The van der Waals surface area contributed by atoms with Crippen LogP contribution in [-0.4, -0.2) is 14.3 Å². The molecule has 0 saturated carbocycles. The Morgan fingerprint density at radius 1 is 0.867 bits per heavy atom. The maximum atomic E-state index is 12.6. The summed E-state index contributed by atoms with van der Waals surface area (Å²) in [5, 5.41) is 3.13. The summed E-state index contributed by atoms with van der Waals surface area (Å²) in [4.78, 5) is 12.6. The van der Waals surface area contributed by atoms with E-state index in [9.17, 15) is 13.2 Å². The highest BCUT2D eigenvalue weighted by Gasteiger charge is 2.16. The number of aryl methyl sites for hydroxylation is 2. The molecule has 0 fully saturated rings. The predicted octanol–water partition coefficient (Wildman–Crippen LogP) is 5.25. The first-order valence-corrected chi connectivity index (χ1v) is 11.1. The number of carbonyl (C=O) groups is 1. The molecule has 0 aliphatic heterocycles. The summed E-state index contributed by atoms with van der Waals surface area (Å²) in [7, 11) is -3.74. The average Bonchev–Trinajstić information content (AvgIpc) is 2.68. The lowest BCUT2D eigenvalue weighted by molar-refractivity contribution is 0.102. The molecule has 4 N–H and O–H groups in total. The third-order valence-electron chi connectivity index (χ3n) is 4.52. The lowest BCUT2D eigenvalue weighted by Crippen LogP contribution is -2.14. The lowest BCUT2D eigenvalue weighted by Gasteiger charge is -2.11. The zero-order valence-corrected chi connectivity index (χ0v) is 18.5. The number of nitrogens with two attached hydrogens (primary N) is 1. The number of benzene rings is 3. The smallest absolute Gasteiger partial charge is 0.261 e. The number of hydrogen-bond acceptors (Lipinski definition) is 4. The molecule has 0 saturated heterocycles. The number of halogens is 2. The maximum absolute atomic E-state index is 12.6. The van der Waals surface area contributed by atoms with Gasteiger partial charge in [0.05, 0.1) is 20.6 Å². The maximum Gasteiger partial charge on any atom is 0.261 e. The van der Waals surface area contributed by atoms with Gasteiger partial charge in [-0.1, -0.05) is 29.3 Å². The van der Waals surface area contributed by atoms with E-state index in [2.05, 4.69) is 10.0 Å². The van der Waals surface area contributed by atoms with Crippen LogP contribution >= 0.6 is 23.2 Å². The van der Waals surface area contributed by atoms with Crippen molar-refractivity contribution < 1.29 is 13.2 Å². The molecular formula is C21H19Cl2N3O3S. The van der Waals surface area contributed by atoms with Crippen LogP contribution in [0.3, 0.4) is 0 Å². The summed E-state index contributed by atoms with van der Waals surface area (Å²) in [6.07, 6.45) is 0. The zero-order valence-electron chi connectivity index (χ0n) is 16.2. The Morgan fingerprint density at radius 2 is 1.47 bits per heavy atom. The van der Waals surface area contributed by atoms with Crippen molar-refractivity contribution in [2.24, 2.45) is 0 Å². The van der Waals surface area contributed by atoms with Crippen molar-refractivity contribution >= 4 is 56.2 Å². The van der Waals surface area contributed by atoms with Gasteiger partial charge < -0.3 is 11.1 Å². The zero-order chi connectivity index (χ0) is 22.1. The highest BCUT2D eigenvalue weighted by Crippen LogP contribution is 2.31. The van der Waals surface area contributed by atoms with E-state index < -0.39 is 15.9 Å². The molecule has 0 atom stereocenters. The van der Waals surface area contributed by atoms with Gasteiger partial charge in [-0.3, -0.25) is 9.52 Å². The van der Waals surface area contributed by atoms with Crippen molar-refractivity contribution in [2.75, 3.05) is 15.8 Å². The first-order chi connectivity index (χ1) is 14.1. The second-order valence-electron chi connectivity index (χ2n) is 6.74. The molecule has 0 radical (unpaired) electrons. The van der Waals surface area contributed by atoms with Crippen LogP contribution in [0, 0.1) is 13.8 Å². The van der Waals surface area contributed by atoms with Gasteiger partial charge in [-0.25, -0.2) is 8.42 Å². The van der Waals surface area contributed by atoms with Crippen molar-refractivity contribution in [3.05, 3.63) is 81.3 Å². The quantitative estimate of drug-likeness (QED) is 0.449. The van der Waals surface area contributed by atoms with Crippen LogP contribution in [0.2, 0.25) is 10.0 Å². The molecule has 0 heterocycles. The van der Waals surface area contributed by atoms with Gasteiger partial charge in [-0.15, -0.1) is 0 Å². The number of sulfonamides is 1. The third-order valence-corrected chi connectivity index (χ3v) is 6.53. The molecule has 6 nitrogen and oxygen atoms in total. The van der Waals surface area contributed by atoms with Crippen molar-refractivity contribution in [3.63, 3.8) is 0 Å². The van der Waals surface area contributed by atoms with Crippen LogP contribution in [0.5, 0.6) is 0 Å². The Morgan fingerprint density at radius 3 is 2.03 bits per heavy atom. The number of nitrogen functional groups attached to an aromatic ring is 1. The number of anilines is 3. The summed E-state index contributed by atoms with van der Waals surface area (Å²) in [6.45, 7) is 3.76. The standard InChI is InChI=1S/C21H19Cl2N3O3S/c1-12-3-8-17(9-13(12)2)30(28,29)26-15-6-4-14(5-7-15)21(27)25-16-10-18(22)20(24)19(23)11-16/h3-11,26H,24H2,1-2H3,(H,25,27). The monoisotopic (exact) mass is 463 g/mol. The van der Waals surface area contributed by atoms with E-state index >= 15 is 0 Å². The molecule has 9 heteroatoms. The fourth-order valence-corrected chi connectivity index (χ4v) is 4.27. The van der Waals surface area contributed by atoms with Gasteiger partial charge in [0.1, 0.15) is 0 Å². The van der Waals surface area contributed by atoms with Gasteiger partial charge >= 0.3 is 0 Å². The Balaban J connectivity index is 1.74. The minimum absolute atomic E-state index is 0.171. The normalized spacial score (nSPS) is 11.2. The number of nitrogens with one attached hydrogen (secondary N) is 2. The molecule has 3 rings (SSSR count). The third kappa shape index (κ3) is 4.87. The second-order valence-corrected chi connectivity index (χ2v) is 9.23. The van der Waals surface area contributed by atoms with Crippen LogP contribution in [0.4, 0.5) is 17.1 Å². The Labute approximate surface area is 185 Å². The number of carbonyl (C=O) groups excluding carboxylic acids is 1. The Bertz CT molecular complexity index is 1200. The van der Waals surface area contributed by atoms with Crippen molar-refractivity contribution in [1.82, 2.24) is 0 Å². The Kier molecular flexibility index (Phi) is 6.26. The number of hydrogen-bond donors (Lipinski definition) is 3. The molecule has 0 aliphatic carbocycles. The molecule has 1 amide bonds. The van der Waals surface area contributed by atoms with E-state index in [4.69, 9.17) is 28.9 Å². The van der Waals surface area contributed by atoms with E-state index in [0.29, 0.717) is 16.9 Å². The average molecular weight is 464 g/mol. The first-order valence-electron chi connectivity index (χ1n) is 8.83. The highest BCUT2D eigenvalue weighted by atomic mass is 35.5. The van der Waals surface area contributed by atoms with Crippen molar-refractivity contribution in [3.8, 4) is 0 Å². The van der Waals surface area contributed by atoms with Crippen LogP contribution in [0.25, 0.3) is 0 Å². The van der Waals surface area contributed by atoms with Crippen LogP contribution in [0.15, 0.2) is 59.5 Å². The van der Waals surface area contributed by atoms with E-state index in [0.717, 1.165) is 11.1 Å². The van der Waals surface area contributed by atoms with Crippen LogP contribution in [0.1, 0.15) is 21.5 Å². The SMILES string of the molecule is Cc1ccc(S(=O)(=O)Nc2ccc(C(=O)Nc3cc(Cl)c(N)c(Cl)c3)cc2)cc1C. The first kappa shape index (κ1) is 22.0. The lowest BCUT2D eigenvalue weighted by atomic mass is 10.1. The molecule has 0 aromatic heterocycles. The summed E-state index contributed by atoms with van der Waals surface area (Å²) in [6, 6.07) is 13.9. The van der Waals surface area contributed by atoms with Gasteiger partial charge in [0, 0.05) is 16.9 Å². The van der Waals surface area contributed by atoms with E-state index in [1.807, 2.05) is 13.8 Å². The van der Waals surface area contributed by atoms with E-state index in [1.165, 1.54) is 36.4 Å². The predicted molar refractivity (Wildman–Crippen MR) is 122 cm³/mol. The van der Waals surface area contributed by atoms with Gasteiger partial charge in [0.15, 0.2) is 0 Å². The molecular weight excluding hydrogens is 445 g/mol. The Hall–Kier alpha value is -2.74. The van der Waals surface area contributed by atoms with Crippen molar-refractivity contribution in [1.29, 1.82) is 0 Å². The second kappa shape index (κ2) is 8.55. The fourth-order valence-electron chi connectivity index (χ4n) is 2.64. The van der Waals surface area contributed by atoms with Gasteiger partial charge in [-0.2, -0.15) is 0 Å². The molecule has 156 valence electrons. The minimum Gasteiger partial charge on any atom is -0.396 e. The number of amides is 1. The van der Waals surface area contributed by atoms with E-state index in [1.54, 1.807) is 18.2 Å². The summed E-state index contributed by atoms with van der Waals surface area (Å²) in [5.74, 6) is -0.407. The van der Waals surface area contributed by atoms with Gasteiger partial charge in [-0.05, 0) is 73.5 Å². The molecule has 3 aromatic carbocycles. The summed E-state index contributed by atoms with van der Waals surface area (Å²) in [5.41, 5.74) is 8.86. The van der Waals surface area contributed by atoms with Crippen LogP contribution in [-0.2, 0) is 10.0 Å². The largest absolute Gasteiger partial charge is 0.396 e. The topological polar surface area (TPSA) is 101 Å². The fraction of sp³-hybridized carbons (Fsp3) is 0.0952. The van der Waals surface area contributed by atoms with Gasteiger partial charge in [0.25, 0.3) is 15.9 Å². The summed E-state index contributed by atoms with van der Waals surface area (Å²) < 4.78 is 27.7. The van der Waals surface area contributed by atoms with Crippen LogP contribution < -0.4 is 15.8 Å². The summed E-state index contributed by atoms with van der Waals surface area (Å²) >= 11 is 11.9. The molecule has 30 heavy (non-hydrogen) atoms. The molecule has 0 aliphatic rings. The molecule has 0 bridgehead atoms. The molecule has 0 unspecified atom stereocenters. The molecule has 0 spiro atoms.